The van der Waals surface area contributed by atoms with Gasteiger partial charge in [0.1, 0.15) is 0 Å². The van der Waals surface area contributed by atoms with Gasteiger partial charge >= 0.3 is 0 Å². The lowest BCUT2D eigenvalue weighted by atomic mass is 9.85. The van der Waals surface area contributed by atoms with E-state index in [0.717, 1.165) is 32.4 Å². The summed E-state index contributed by atoms with van der Waals surface area (Å²) in [5.41, 5.74) is 2.72. The van der Waals surface area contributed by atoms with E-state index >= 15 is 0 Å². The number of nitrogens with one attached hydrogen (secondary N) is 2. The predicted octanol–water partition coefficient (Wildman–Crippen LogP) is 1.78. The second-order valence-electron chi connectivity index (χ2n) is 5.97. The van der Waals surface area contributed by atoms with Crippen molar-refractivity contribution in [3.63, 3.8) is 0 Å². The number of hydrogen-bond donors (Lipinski definition) is 2. The summed E-state index contributed by atoms with van der Waals surface area (Å²) in [6.07, 6.45) is 6.35. The Kier molecular flexibility index (Phi) is 2.74. The highest BCUT2D eigenvalue weighted by Gasteiger charge is 2.39. The first kappa shape index (κ1) is 12.4. The van der Waals surface area contributed by atoms with Gasteiger partial charge in [-0.05, 0) is 30.9 Å². The van der Waals surface area contributed by atoms with Gasteiger partial charge in [0.25, 0.3) is 5.56 Å². The molecule has 0 amide bonds. The van der Waals surface area contributed by atoms with E-state index in [1.54, 1.807) is 12.4 Å². The molecule has 2 aliphatic rings. The molecule has 1 saturated heterocycles. The number of para-hydroxylation sites is 1. The topological polar surface area (TPSA) is 61.0 Å². The molecule has 2 aromatic rings. The van der Waals surface area contributed by atoms with Crippen LogP contribution in [-0.2, 0) is 6.42 Å². The van der Waals surface area contributed by atoms with Crippen LogP contribution in [0.15, 0.2) is 41.5 Å². The Morgan fingerprint density at radius 2 is 2.00 bits per heavy atom. The van der Waals surface area contributed by atoms with E-state index in [1.165, 1.54) is 11.3 Å². The van der Waals surface area contributed by atoms with E-state index in [0.29, 0.717) is 5.82 Å². The van der Waals surface area contributed by atoms with Crippen LogP contribution in [0.25, 0.3) is 0 Å². The average Bonchev–Trinajstić information content (AvgIpc) is 2.86. The quantitative estimate of drug-likeness (QED) is 0.837. The van der Waals surface area contributed by atoms with Crippen molar-refractivity contribution < 1.29 is 0 Å². The molecule has 0 atom stereocenters. The van der Waals surface area contributed by atoms with E-state index in [9.17, 15) is 4.79 Å². The molecule has 3 heterocycles. The summed E-state index contributed by atoms with van der Waals surface area (Å²) < 4.78 is 0. The molecule has 2 N–H and O–H groups in total. The fourth-order valence-electron chi connectivity index (χ4n) is 3.51. The number of hydrogen-bond acceptors (Lipinski definition) is 4. The number of aromatic amines is 1. The monoisotopic (exact) mass is 282 g/mol. The van der Waals surface area contributed by atoms with Crippen LogP contribution in [0.3, 0.4) is 0 Å². The molecule has 0 saturated carbocycles. The van der Waals surface area contributed by atoms with E-state index in [-0.39, 0.29) is 11.1 Å². The minimum absolute atomic E-state index is 0.101. The molecule has 1 aromatic heterocycles. The molecule has 1 aromatic carbocycles. The largest absolute Gasteiger partial charge is 0.379 e. The highest BCUT2D eigenvalue weighted by atomic mass is 16.1. The number of fused-ring (bicyclic) bond motifs is 1. The van der Waals surface area contributed by atoms with Gasteiger partial charge in [-0.2, -0.15) is 0 Å². The van der Waals surface area contributed by atoms with Crippen molar-refractivity contribution in [3.8, 4) is 0 Å². The number of nitrogens with zero attached hydrogens (tertiary/aromatic N) is 2. The minimum atomic E-state index is -0.101. The lowest BCUT2D eigenvalue weighted by Gasteiger charge is -2.40. The van der Waals surface area contributed by atoms with Crippen molar-refractivity contribution in [1.82, 2.24) is 9.97 Å². The zero-order valence-electron chi connectivity index (χ0n) is 11.8. The van der Waals surface area contributed by atoms with Gasteiger partial charge in [-0.15, -0.1) is 0 Å². The molecule has 5 heteroatoms. The Morgan fingerprint density at radius 1 is 1.19 bits per heavy atom. The minimum Gasteiger partial charge on any atom is -0.379 e. The van der Waals surface area contributed by atoms with E-state index < -0.39 is 0 Å². The maximum Gasteiger partial charge on any atom is 0.290 e. The molecule has 108 valence electrons. The van der Waals surface area contributed by atoms with Crippen LogP contribution in [0.1, 0.15) is 18.4 Å². The van der Waals surface area contributed by atoms with Gasteiger partial charge < -0.3 is 15.2 Å². The van der Waals surface area contributed by atoms with Crippen molar-refractivity contribution in [3.05, 3.63) is 52.6 Å². The lowest BCUT2D eigenvalue weighted by molar-refractivity contribution is 0.374. The highest BCUT2D eigenvalue weighted by Crippen LogP contribution is 2.38. The Balaban J connectivity index is 1.51. The van der Waals surface area contributed by atoms with Crippen molar-refractivity contribution in [1.29, 1.82) is 0 Å². The molecule has 1 spiro atoms. The van der Waals surface area contributed by atoms with E-state index in [1.807, 2.05) is 0 Å². The molecule has 5 nitrogen and oxygen atoms in total. The first-order valence-electron chi connectivity index (χ1n) is 7.41. The van der Waals surface area contributed by atoms with Crippen LogP contribution in [0.4, 0.5) is 11.5 Å². The van der Waals surface area contributed by atoms with E-state index in [4.69, 9.17) is 0 Å². The fourth-order valence-corrected chi connectivity index (χ4v) is 3.51. The van der Waals surface area contributed by atoms with Crippen LogP contribution in [0.2, 0.25) is 0 Å². The van der Waals surface area contributed by atoms with Crippen LogP contribution < -0.4 is 15.8 Å². The summed E-state index contributed by atoms with van der Waals surface area (Å²) in [7, 11) is 0. The van der Waals surface area contributed by atoms with Gasteiger partial charge in [0, 0.05) is 36.7 Å². The van der Waals surface area contributed by atoms with Gasteiger partial charge in [0.2, 0.25) is 0 Å². The van der Waals surface area contributed by atoms with Gasteiger partial charge in [0.15, 0.2) is 5.82 Å². The third-order valence-corrected chi connectivity index (χ3v) is 4.65. The average molecular weight is 282 g/mol. The summed E-state index contributed by atoms with van der Waals surface area (Å²) in [4.78, 5) is 20.8. The Bertz CT molecular complexity index is 689. The summed E-state index contributed by atoms with van der Waals surface area (Å²) in [6, 6.07) is 8.53. The number of H-pyrrole nitrogens is 1. The molecule has 0 radical (unpaired) electrons. The molecule has 0 unspecified atom stereocenters. The van der Waals surface area contributed by atoms with Gasteiger partial charge in [0.05, 0.1) is 0 Å². The maximum absolute atomic E-state index is 11.8. The first-order valence-corrected chi connectivity index (χ1v) is 7.41. The van der Waals surface area contributed by atoms with Crippen molar-refractivity contribution in [2.24, 2.45) is 0 Å². The standard InChI is InChI=1S/C16H18N4O/c21-15-14(17-7-8-18-15)20-9-5-16(6-10-20)11-12-3-1-2-4-13(12)19-16/h1-4,7-8,19H,5-6,9-11H2,(H,18,21). The Hall–Kier alpha value is -2.30. The van der Waals surface area contributed by atoms with Crippen LogP contribution in [-0.4, -0.2) is 28.6 Å². The number of rotatable bonds is 1. The van der Waals surface area contributed by atoms with Crippen molar-refractivity contribution in [2.75, 3.05) is 23.3 Å². The smallest absolute Gasteiger partial charge is 0.290 e. The van der Waals surface area contributed by atoms with E-state index in [2.05, 4.69) is 44.5 Å². The zero-order valence-corrected chi connectivity index (χ0v) is 11.8. The molecule has 0 aliphatic carbocycles. The molecule has 4 rings (SSSR count). The van der Waals surface area contributed by atoms with Crippen LogP contribution in [0, 0.1) is 0 Å². The maximum atomic E-state index is 11.8. The molecular weight excluding hydrogens is 264 g/mol. The summed E-state index contributed by atoms with van der Waals surface area (Å²) in [5, 5.41) is 3.70. The van der Waals surface area contributed by atoms with Gasteiger partial charge in [-0.1, -0.05) is 18.2 Å². The predicted molar refractivity (Wildman–Crippen MR) is 82.8 cm³/mol. The van der Waals surface area contributed by atoms with Crippen molar-refractivity contribution >= 4 is 11.5 Å². The molecular formula is C16H18N4O. The van der Waals surface area contributed by atoms with Gasteiger partial charge in [-0.25, -0.2) is 4.98 Å². The zero-order chi connectivity index (χ0) is 14.3. The highest BCUT2D eigenvalue weighted by molar-refractivity contribution is 5.59. The Labute approximate surface area is 123 Å². The molecule has 21 heavy (non-hydrogen) atoms. The summed E-state index contributed by atoms with van der Waals surface area (Å²) in [6.45, 7) is 1.72. The van der Waals surface area contributed by atoms with Crippen molar-refractivity contribution in [2.45, 2.75) is 24.8 Å². The number of piperidine rings is 1. The molecule has 1 fully saturated rings. The summed E-state index contributed by atoms with van der Waals surface area (Å²) >= 11 is 0. The SMILES string of the molecule is O=c1[nH]ccnc1N1CCC2(CC1)Cc1ccccc1N2. The van der Waals surface area contributed by atoms with Crippen LogP contribution >= 0.6 is 0 Å². The fraction of sp³-hybridized carbons (Fsp3) is 0.375. The molecule has 2 aliphatic heterocycles. The second-order valence-corrected chi connectivity index (χ2v) is 5.97. The number of anilines is 2. The number of aromatic nitrogens is 2. The normalized spacial score (nSPS) is 19.3. The lowest BCUT2D eigenvalue weighted by Crippen LogP contribution is -2.49. The number of benzene rings is 1. The first-order chi connectivity index (χ1) is 10.3. The Morgan fingerprint density at radius 3 is 2.76 bits per heavy atom. The third-order valence-electron chi connectivity index (χ3n) is 4.65. The summed E-state index contributed by atoms with van der Waals surface area (Å²) in [5.74, 6) is 0.544. The second kappa shape index (κ2) is 4.62. The van der Waals surface area contributed by atoms with Crippen LogP contribution in [0.5, 0.6) is 0 Å². The third kappa shape index (κ3) is 2.09. The van der Waals surface area contributed by atoms with Gasteiger partial charge in [-0.3, -0.25) is 4.79 Å². The molecule has 0 bridgehead atoms.